The number of fused-ring (bicyclic) bond motifs is 2. The molecule has 0 radical (unpaired) electrons. The first-order valence-electron chi connectivity index (χ1n) is 8.06. The van der Waals surface area contributed by atoms with Crippen LogP contribution in [0.15, 0.2) is 24.3 Å². The highest BCUT2D eigenvalue weighted by Crippen LogP contribution is 2.40. The molecule has 0 unspecified atom stereocenters. The topological polar surface area (TPSA) is 29.5 Å². The highest BCUT2D eigenvalue weighted by atomic mass is 19.1. The van der Waals surface area contributed by atoms with Gasteiger partial charge in [0.2, 0.25) is 5.91 Å². The molecule has 0 saturated carbocycles. The Balaban J connectivity index is 1.78. The molecule has 2 fully saturated rings. The van der Waals surface area contributed by atoms with Crippen LogP contribution in [0.4, 0.5) is 4.39 Å². The van der Waals surface area contributed by atoms with Gasteiger partial charge in [0.25, 0.3) is 0 Å². The zero-order chi connectivity index (χ0) is 15.9. The molecule has 2 aliphatic heterocycles. The van der Waals surface area contributed by atoms with Gasteiger partial charge in [-0.1, -0.05) is 12.1 Å². The molecule has 0 aromatic heterocycles. The van der Waals surface area contributed by atoms with Gasteiger partial charge in [-0.3, -0.25) is 4.79 Å². The molecule has 22 heavy (non-hydrogen) atoms. The number of halogens is 1. The van der Waals surface area contributed by atoms with Gasteiger partial charge in [0.1, 0.15) is 5.82 Å². The van der Waals surface area contributed by atoms with Crippen LogP contribution < -0.4 is 0 Å². The van der Waals surface area contributed by atoms with Crippen molar-refractivity contribution in [2.45, 2.75) is 64.3 Å². The Hall–Kier alpha value is -1.42. The van der Waals surface area contributed by atoms with E-state index in [9.17, 15) is 9.18 Å². The second kappa shape index (κ2) is 5.65. The SMILES string of the molecule is CC(C)(C)N(Cc1ccc(F)cc1)C(=O)[C@@H]1C[C@H]2CC[C@H]1O2. The minimum Gasteiger partial charge on any atom is -0.374 e. The lowest BCUT2D eigenvalue weighted by atomic mass is 9.87. The maximum atomic E-state index is 13.1. The molecule has 2 aliphatic rings. The molecule has 3 nitrogen and oxygen atoms in total. The molecule has 0 aliphatic carbocycles. The molecule has 0 spiro atoms. The molecule has 2 saturated heterocycles. The van der Waals surface area contributed by atoms with E-state index >= 15 is 0 Å². The molecule has 3 atom stereocenters. The lowest BCUT2D eigenvalue weighted by Gasteiger charge is -2.38. The Morgan fingerprint density at radius 1 is 1.27 bits per heavy atom. The van der Waals surface area contributed by atoms with Crippen LogP contribution in [0, 0.1) is 11.7 Å². The van der Waals surface area contributed by atoms with Crippen molar-refractivity contribution in [3.8, 4) is 0 Å². The Kier molecular flexibility index (Phi) is 3.98. The number of ether oxygens (including phenoxy) is 1. The standard InChI is InChI=1S/C18H24FNO2/c1-18(2,3)20(11-12-4-6-13(19)7-5-12)17(21)15-10-14-8-9-16(15)22-14/h4-7,14-16H,8-11H2,1-3H3/t14-,15-,16-/m1/s1. The van der Waals surface area contributed by atoms with Gasteiger partial charge >= 0.3 is 0 Å². The monoisotopic (exact) mass is 305 g/mol. The summed E-state index contributed by atoms with van der Waals surface area (Å²) in [5.74, 6) is -0.0960. The average Bonchev–Trinajstić information content (AvgIpc) is 3.07. The fraction of sp³-hybridized carbons (Fsp3) is 0.611. The fourth-order valence-electron chi connectivity index (χ4n) is 3.52. The maximum Gasteiger partial charge on any atom is 0.229 e. The van der Waals surface area contributed by atoms with Crippen molar-refractivity contribution in [2.24, 2.45) is 5.92 Å². The van der Waals surface area contributed by atoms with Crippen LogP contribution in [-0.2, 0) is 16.1 Å². The number of carbonyl (C=O) groups is 1. The van der Waals surface area contributed by atoms with Crippen LogP contribution in [-0.4, -0.2) is 28.6 Å². The van der Waals surface area contributed by atoms with Gasteiger partial charge in [0.05, 0.1) is 18.1 Å². The third-order valence-electron chi connectivity index (χ3n) is 4.75. The lowest BCUT2D eigenvalue weighted by molar-refractivity contribution is -0.143. The average molecular weight is 305 g/mol. The van der Waals surface area contributed by atoms with E-state index in [-0.39, 0.29) is 35.4 Å². The molecular weight excluding hydrogens is 281 g/mol. The summed E-state index contributed by atoms with van der Waals surface area (Å²) < 4.78 is 18.9. The van der Waals surface area contributed by atoms with Gasteiger partial charge in [-0.05, 0) is 57.7 Å². The van der Waals surface area contributed by atoms with E-state index in [0.717, 1.165) is 24.8 Å². The highest BCUT2D eigenvalue weighted by molar-refractivity contribution is 5.80. The van der Waals surface area contributed by atoms with Crippen molar-refractivity contribution < 1.29 is 13.9 Å². The molecule has 2 heterocycles. The number of carbonyl (C=O) groups excluding carboxylic acids is 1. The van der Waals surface area contributed by atoms with E-state index in [2.05, 4.69) is 0 Å². The summed E-state index contributed by atoms with van der Waals surface area (Å²) in [5.41, 5.74) is 0.682. The third-order valence-corrected chi connectivity index (χ3v) is 4.75. The summed E-state index contributed by atoms with van der Waals surface area (Å²) in [7, 11) is 0. The molecule has 3 rings (SSSR count). The van der Waals surface area contributed by atoms with Gasteiger partial charge in [0.15, 0.2) is 0 Å². The molecule has 4 heteroatoms. The van der Waals surface area contributed by atoms with Crippen LogP contribution in [0.3, 0.4) is 0 Å². The largest absolute Gasteiger partial charge is 0.374 e. The Morgan fingerprint density at radius 2 is 1.95 bits per heavy atom. The maximum absolute atomic E-state index is 13.1. The van der Waals surface area contributed by atoms with E-state index in [0.29, 0.717) is 6.54 Å². The molecule has 0 N–H and O–H groups in total. The first-order valence-corrected chi connectivity index (χ1v) is 8.06. The number of hydrogen-bond donors (Lipinski definition) is 0. The van der Waals surface area contributed by atoms with Crippen LogP contribution >= 0.6 is 0 Å². The van der Waals surface area contributed by atoms with Crippen molar-refractivity contribution in [1.82, 2.24) is 4.90 Å². The number of benzene rings is 1. The van der Waals surface area contributed by atoms with Crippen LogP contribution in [0.2, 0.25) is 0 Å². The van der Waals surface area contributed by atoms with E-state index in [1.54, 1.807) is 12.1 Å². The molecule has 120 valence electrons. The van der Waals surface area contributed by atoms with E-state index in [1.807, 2.05) is 25.7 Å². The predicted octanol–water partition coefficient (Wildman–Crippen LogP) is 3.52. The Labute approximate surface area is 131 Å². The summed E-state index contributed by atoms with van der Waals surface area (Å²) in [4.78, 5) is 14.9. The minimum absolute atomic E-state index is 0.0153. The first kappa shape index (κ1) is 15.5. The molecule has 1 amide bonds. The Bertz CT molecular complexity index is 549. The second-order valence-electron chi connectivity index (χ2n) is 7.44. The quantitative estimate of drug-likeness (QED) is 0.855. The lowest BCUT2D eigenvalue weighted by Crippen LogP contribution is -2.49. The van der Waals surface area contributed by atoms with Crippen molar-refractivity contribution in [2.75, 3.05) is 0 Å². The van der Waals surface area contributed by atoms with Crippen molar-refractivity contribution in [1.29, 1.82) is 0 Å². The van der Waals surface area contributed by atoms with Crippen molar-refractivity contribution in [3.63, 3.8) is 0 Å². The third kappa shape index (κ3) is 3.02. The van der Waals surface area contributed by atoms with Crippen molar-refractivity contribution in [3.05, 3.63) is 35.6 Å². The molecule has 1 aromatic carbocycles. The molecular formula is C18H24FNO2. The summed E-state index contributed by atoms with van der Waals surface area (Å²) in [6.07, 6.45) is 3.29. The van der Waals surface area contributed by atoms with E-state index in [4.69, 9.17) is 4.74 Å². The predicted molar refractivity (Wildman–Crippen MR) is 82.7 cm³/mol. The normalized spacial score (nSPS) is 27.2. The van der Waals surface area contributed by atoms with Crippen molar-refractivity contribution >= 4 is 5.91 Å². The summed E-state index contributed by atoms with van der Waals surface area (Å²) in [6.45, 7) is 6.64. The van der Waals surface area contributed by atoms with Gasteiger partial charge in [-0.25, -0.2) is 4.39 Å². The van der Waals surface area contributed by atoms with Gasteiger partial charge in [-0.2, -0.15) is 0 Å². The van der Waals surface area contributed by atoms with Gasteiger partial charge < -0.3 is 9.64 Å². The molecule has 2 bridgehead atoms. The summed E-state index contributed by atoms with van der Waals surface area (Å²) in [5, 5.41) is 0. The smallest absolute Gasteiger partial charge is 0.229 e. The summed E-state index contributed by atoms with van der Waals surface area (Å²) >= 11 is 0. The number of rotatable bonds is 3. The number of hydrogen-bond acceptors (Lipinski definition) is 2. The fourth-order valence-corrected chi connectivity index (χ4v) is 3.52. The van der Waals surface area contributed by atoms with Crippen LogP contribution in [0.5, 0.6) is 0 Å². The first-order chi connectivity index (χ1) is 10.3. The van der Waals surface area contributed by atoms with Crippen LogP contribution in [0.25, 0.3) is 0 Å². The zero-order valence-electron chi connectivity index (χ0n) is 13.5. The van der Waals surface area contributed by atoms with Gasteiger partial charge in [-0.15, -0.1) is 0 Å². The van der Waals surface area contributed by atoms with Crippen LogP contribution in [0.1, 0.15) is 45.6 Å². The number of nitrogens with zero attached hydrogens (tertiary/aromatic N) is 1. The second-order valence-corrected chi connectivity index (χ2v) is 7.44. The number of amides is 1. The minimum atomic E-state index is -0.271. The van der Waals surface area contributed by atoms with Gasteiger partial charge in [0, 0.05) is 12.1 Å². The Morgan fingerprint density at radius 3 is 2.45 bits per heavy atom. The molecule has 1 aromatic rings. The highest BCUT2D eigenvalue weighted by Gasteiger charge is 2.47. The summed E-state index contributed by atoms with van der Waals surface area (Å²) in [6, 6.07) is 6.39. The van der Waals surface area contributed by atoms with E-state index in [1.165, 1.54) is 12.1 Å². The zero-order valence-corrected chi connectivity index (χ0v) is 13.5. The van der Waals surface area contributed by atoms with E-state index < -0.39 is 0 Å².